The smallest absolute Gasteiger partial charge is 0.215 e. The Morgan fingerprint density at radius 2 is 2.32 bits per heavy atom. The summed E-state index contributed by atoms with van der Waals surface area (Å²) in [4.78, 5) is 21.7. The molecule has 2 aromatic heterocycles. The molecule has 9 heteroatoms. The zero-order chi connectivity index (χ0) is 14.0. The lowest BCUT2D eigenvalue weighted by Crippen LogP contribution is -2.20. The Bertz CT molecular complexity index is 619. The number of thiazole rings is 2. The standard InChI is InChI=1S/C10H12N6OS2/c1-5-7(19-10(13-5)16(2)4-17)6-3-18-9(14-6)15-8(11)12/h3-4H,1-2H3,(H4,11,12,14,15). The van der Waals surface area contributed by atoms with Gasteiger partial charge in [0.05, 0.1) is 16.3 Å². The third-order valence-electron chi connectivity index (χ3n) is 2.22. The second kappa shape index (κ2) is 5.33. The molecule has 0 saturated carbocycles. The molecule has 0 atom stereocenters. The third-order valence-corrected chi connectivity index (χ3v) is 4.25. The summed E-state index contributed by atoms with van der Waals surface area (Å²) in [5.74, 6) is -0.150. The number of hydrogen-bond acceptors (Lipinski definition) is 6. The molecule has 0 aromatic carbocycles. The maximum Gasteiger partial charge on any atom is 0.215 e. The minimum Gasteiger partial charge on any atom is -0.370 e. The predicted molar refractivity (Wildman–Crippen MR) is 78.0 cm³/mol. The van der Waals surface area contributed by atoms with Gasteiger partial charge in [0.1, 0.15) is 0 Å². The van der Waals surface area contributed by atoms with Gasteiger partial charge in [0, 0.05) is 12.4 Å². The molecule has 100 valence electrons. The lowest BCUT2D eigenvalue weighted by Gasteiger charge is -2.02. The van der Waals surface area contributed by atoms with Crippen LogP contribution in [0.2, 0.25) is 0 Å². The number of nitrogens with two attached hydrogens (primary N) is 1. The molecule has 0 fully saturated rings. The van der Waals surface area contributed by atoms with Gasteiger partial charge < -0.3 is 11.1 Å². The van der Waals surface area contributed by atoms with E-state index in [1.807, 2.05) is 12.3 Å². The quantitative estimate of drug-likeness (QED) is 0.450. The van der Waals surface area contributed by atoms with Gasteiger partial charge in [-0.05, 0) is 6.92 Å². The van der Waals surface area contributed by atoms with Crippen LogP contribution in [0.3, 0.4) is 0 Å². The number of aromatic nitrogens is 2. The highest BCUT2D eigenvalue weighted by Gasteiger charge is 2.15. The van der Waals surface area contributed by atoms with E-state index in [4.69, 9.17) is 11.1 Å². The molecule has 7 nitrogen and oxygen atoms in total. The van der Waals surface area contributed by atoms with Crippen LogP contribution in [0.4, 0.5) is 10.3 Å². The molecule has 0 saturated heterocycles. The average Bonchev–Trinajstić information content (AvgIpc) is 2.94. The Hall–Kier alpha value is -2.00. The van der Waals surface area contributed by atoms with Crippen LogP contribution in [0.25, 0.3) is 10.6 Å². The van der Waals surface area contributed by atoms with Gasteiger partial charge in [0.2, 0.25) is 6.41 Å². The number of amides is 1. The normalized spacial score (nSPS) is 10.2. The van der Waals surface area contributed by atoms with Crippen LogP contribution in [0.15, 0.2) is 5.38 Å². The first kappa shape index (κ1) is 13.4. The minimum absolute atomic E-state index is 0.150. The van der Waals surface area contributed by atoms with E-state index in [9.17, 15) is 4.79 Å². The topological polar surface area (TPSA) is 108 Å². The summed E-state index contributed by atoms with van der Waals surface area (Å²) in [5.41, 5.74) is 6.82. The van der Waals surface area contributed by atoms with Gasteiger partial charge in [-0.15, -0.1) is 11.3 Å². The van der Waals surface area contributed by atoms with Crippen molar-refractivity contribution in [2.45, 2.75) is 6.92 Å². The van der Waals surface area contributed by atoms with Crippen LogP contribution in [0.5, 0.6) is 0 Å². The molecule has 0 aliphatic rings. The van der Waals surface area contributed by atoms with E-state index in [-0.39, 0.29) is 5.96 Å². The minimum atomic E-state index is -0.150. The highest BCUT2D eigenvalue weighted by Crippen LogP contribution is 2.35. The fraction of sp³-hybridized carbons (Fsp3) is 0.200. The van der Waals surface area contributed by atoms with E-state index in [2.05, 4.69) is 15.3 Å². The van der Waals surface area contributed by atoms with Gasteiger partial charge in [0.25, 0.3) is 0 Å². The van der Waals surface area contributed by atoms with Crippen molar-refractivity contribution in [1.29, 1.82) is 5.41 Å². The molecule has 0 bridgehead atoms. The molecule has 0 spiro atoms. The first-order chi connectivity index (χ1) is 9.01. The van der Waals surface area contributed by atoms with Gasteiger partial charge in [-0.25, -0.2) is 9.97 Å². The molecule has 1 amide bonds. The Balaban J connectivity index is 2.31. The van der Waals surface area contributed by atoms with E-state index in [1.165, 1.54) is 27.6 Å². The van der Waals surface area contributed by atoms with Crippen molar-refractivity contribution in [2.75, 3.05) is 17.3 Å². The van der Waals surface area contributed by atoms with Gasteiger partial charge in [-0.1, -0.05) is 11.3 Å². The molecule has 2 aromatic rings. The van der Waals surface area contributed by atoms with Crippen LogP contribution < -0.4 is 16.0 Å². The summed E-state index contributed by atoms with van der Waals surface area (Å²) < 4.78 is 0. The molecule has 2 heterocycles. The molecule has 0 radical (unpaired) electrons. The SMILES string of the molecule is Cc1nc(N(C)C=O)sc1-c1csc(NC(=N)N)n1. The number of nitrogens with zero attached hydrogens (tertiary/aromatic N) is 3. The maximum absolute atomic E-state index is 10.7. The predicted octanol–water partition coefficient (Wildman–Crippen LogP) is 1.47. The number of aryl methyl sites for hydroxylation is 1. The molecule has 4 N–H and O–H groups in total. The van der Waals surface area contributed by atoms with Crippen LogP contribution in [-0.2, 0) is 4.79 Å². The highest BCUT2D eigenvalue weighted by atomic mass is 32.1. The second-order valence-electron chi connectivity index (χ2n) is 3.70. The average molecular weight is 296 g/mol. The van der Waals surface area contributed by atoms with Gasteiger partial charge in [-0.3, -0.25) is 15.1 Å². The van der Waals surface area contributed by atoms with Crippen LogP contribution >= 0.6 is 22.7 Å². The molecule has 0 aliphatic carbocycles. The van der Waals surface area contributed by atoms with E-state index in [1.54, 1.807) is 7.05 Å². The van der Waals surface area contributed by atoms with Crippen molar-refractivity contribution in [2.24, 2.45) is 5.73 Å². The Morgan fingerprint density at radius 3 is 2.95 bits per heavy atom. The van der Waals surface area contributed by atoms with Crippen LogP contribution in [0.1, 0.15) is 5.69 Å². The van der Waals surface area contributed by atoms with E-state index in [0.717, 1.165) is 16.3 Å². The van der Waals surface area contributed by atoms with Gasteiger partial charge in [-0.2, -0.15) is 0 Å². The number of nitrogens with one attached hydrogen (secondary N) is 2. The van der Waals surface area contributed by atoms with E-state index >= 15 is 0 Å². The zero-order valence-corrected chi connectivity index (χ0v) is 11.9. The third kappa shape index (κ3) is 2.88. The van der Waals surface area contributed by atoms with E-state index in [0.29, 0.717) is 16.7 Å². The number of rotatable bonds is 4. The molecule has 0 unspecified atom stereocenters. The van der Waals surface area contributed by atoms with Crippen molar-refractivity contribution in [3.05, 3.63) is 11.1 Å². The highest BCUT2D eigenvalue weighted by molar-refractivity contribution is 7.20. The largest absolute Gasteiger partial charge is 0.370 e. The van der Waals surface area contributed by atoms with E-state index < -0.39 is 0 Å². The van der Waals surface area contributed by atoms with Gasteiger partial charge >= 0.3 is 0 Å². The van der Waals surface area contributed by atoms with Crippen molar-refractivity contribution < 1.29 is 4.79 Å². The summed E-state index contributed by atoms with van der Waals surface area (Å²) in [5, 5.41) is 12.8. The molecule has 0 aliphatic heterocycles. The number of carbonyl (C=O) groups excluding carboxylic acids is 1. The first-order valence-corrected chi connectivity index (χ1v) is 6.93. The molecule has 2 rings (SSSR count). The van der Waals surface area contributed by atoms with Crippen LogP contribution in [0, 0.1) is 12.3 Å². The summed E-state index contributed by atoms with van der Waals surface area (Å²) in [6.07, 6.45) is 0.714. The molecular formula is C10H12N6OS2. The van der Waals surface area contributed by atoms with Crippen molar-refractivity contribution in [3.8, 4) is 10.6 Å². The zero-order valence-electron chi connectivity index (χ0n) is 10.3. The lowest BCUT2D eigenvalue weighted by atomic mass is 10.3. The fourth-order valence-corrected chi connectivity index (χ4v) is 3.11. The Labute approximate surface area is 117 Å². The fourth-order valence-electron chi connectivity index (χ4n) is 1.37. The Kier molecular flexibility index (Phi) is 3.76. The number of anilines is 2. The van der Waals surface area contributed by atoms with Gasteiger partial charge in [0.15, 0.2) is 16.2 Å². The van der Waals surface area contributed by atoms with Crippen molar-refractivity contribution >= 4 is 45.3 Å². The number of hydrogen-bond donors (Lipinski definition) is 3. The second-order valence-corrected chi connectivity index (χ2v) is 5.54. The maximum atomic E-state index is 10.7. The van der Waals surface area contributed by atoms with Crippen LogP contribution in [-0.4, -0.2) is 29.4 Å². The number of guanidine groups is 1. The summed E-state index contributed by atoms with van der Waals surface area (Å²) in [7, 11) is 1.65. The molecular weight excluding hydrogens is 284 g/mol. The monoisotopic (exact) mass is 296 g/mol. The summed E-state index contributed by atoms with van der Waals surface area (Å²) in [6.45, 7) is 1.87. The van der Waals surface area contributed by atoms with Crippen molar-refractivity contribution in [1.82, 2.24) is 9.97 Å². The Morgan fingerprint density at radius 1 is 1.58 bits per heavy atom. The van der Waals surface area contributed by atoms with Crippen molar-refractivity contribution in [3.63, 3.8) is 0 Å². The summed E-state index contributed by atoms with van der Waals surface area (Å²) in [6, 6.07) is 0. The number of carbonyl (C=O) groups is 1. The summed E-state index contributed by atoms with van der Waals surface area (Å²) >= 11 is 2.75. The first-order valence-electron chi connectivity index (χ1n) is 5.23. The lowest BCUT2D eigenvalue weighted by molar-refractivity contribution is -0.107. The molecule has 19 heavy (non-hydrogen) atoms.